The minimum atomic E-state index is -4.73. The number of carbonyl (C=O) groups is 2. The summed E-state index contributed by atoms with van der Waals surface area (Å²) < 4.78 is 39.1. The Labute approximate surface area is 146 Å². The summed E-state index contributed by atoms with van der Waals surface area (Å²) in [5, 5.41) is 0.525. The highest BCUT2D eigenvalue weighted by molar-refractivity contribution is 8.13. The van der Waals surface area contributed by atoms with Crippen molar-refractivity contribution < 1.29 is 22.8 Å². The molecule has 6 nitrogen and oxygen atoms in total. The van der Waals surface area contributed by atoms with Gasteiger partial charge < -0.3 is 0 Å². The molecule has 1 aromatic heterocycles. The fourth-order valence-corrected chi connectivity index (χ4v) is 3.26. The molecule has 1 aliphatic heterocycles. The number of guanidine groups is 1. The summed E-state index contributed by atoms with van der Waals surface area (Å²) in [6.07, 6.45) is -1.24. The van der Waals surface area contributed by atoms with Gasteiger partial charge in [-0.1, -0.05) is 0 Å². The Hall–Kier alpha value is -2.23. The van der Waals surface area contributed by atoms with Crippen molar-refractivity contribution in [1.29, 1.82) is 0 Å². The lowest BCUT2D eigenvalue weighted by molar-refractivity contribution is -0.138. The zero-order valence-electron chi connectivity index (χ0n) is 13.9. The minimum Gasteiger partial charge on any atom is -0.275 e. The van der Waals surface area contributed by atoms with Gasteiger partial charge in [0.2, 0.25) is 11.9 Å². The van der Waals surface area contributed by atoms with Gasteiger partial charge in [0.1, 0.15) is 5.04 Å². The van der Waals surface area contributed by atoms with Crippen LogP contribution in [0.3, 0.4) is 0 Å². The number of alkyl halides is 3. The fraction of sp³-hybridized carbons (Fsp3) is 0.400. The first kappa shape index (κ1) is 19.1. The standard InChI is InChI=1S/C15H15F3N4O2S/c1-8(23)22-13(21-12(25-4)14(22,2)3)20-11(24)9-7-19-6-5-10(9)15(16,17)18/h5-7H,1-4H3/b20-13+. The molecule has 0 N–H and O–H groups in total. The number of carbonyl (C=O) groups excluding carboxylic acids is 2. The molecule has 0 bridgehead atoms. The van der Waals surface area contributed by atoms with E-state index in [1.165, 1.54) is 23.6 Å². The summed E-state index contributed by atoms with van der Waals surface area (Å²) in [6.45, 7) is 4.69. The average Bonchev–Trinajstić information content (AvgIpc) is 2.76. The molecule has 0 aliphatic carbocycles. The highest BCUT2D eigenvalue weighted by atomic mass is 32.2. The van der Waals surface area contributed by atoms with Crippen molar-refractivity contribution in [2.24, 2.45) is 9.98 Å². The number of rotatable bonds is 1. The molecule has 0 fully saturated rings. The van der Waals surface area contributed by atoms with Crippen LogP contribution in [0.1, 0.15) is 36.7 Å². The average molecular weight is 372 g/mol. The molecule has 0 aromatic carbocycles. The Morgan fingerprint density at radius 1 is 1.32 bits per heavy atom. The molecule has 2 heterocycles. The maximum absolute atomic E-state index is 13.0. The Balaban J connectivity index is 2.52. The van der Waals surface area contributed by atoms with Crippen molar-refractivity contribution in [2.75, 3.05) is 6.26 Å². The molecule has 0 saturated heterocycles. The second kappa shape index (κ2) is 6.58. The Morgan fingerprint density at radius 3 is 2.48 bits per heavy atom. The number of nitrogens with zero attached hydrogens (tertiary/aromatic N) is 4. The molecule has 10 heteroatoms. The van der Waals surface area contributed by atoms with Gasteiger partial charge in [-0.3, -0.25) is 19.5 Å². The number of amides is 2. The molecule has 0 spiro atoms. The van der Waals surface area contributed by atoms with Crippen LogP contribution in [0.25, 0.3) is 0 Å². The molecule has 134 valence electrons. The largest absolute Gasteiger partial charge is 0.417 e. The quantitative estimate of drug-likeness (QED) is 0.760. The predicted octanol–water partition coefficient (Wildman–Crippen LogP) is 3.00. The van der Waals surface area contributed by atoms with E-state index >= 15 is 0 Å². The lowest BCUT2D eigenvalue weighted by atomic mass is 10.1. The Bertz CT molecular complexity index is 787. The second-order valence-electron chi connectivity index (χ2n) is 5.67. The lowest BCUT2D eigenvalue weighted by Gasteiger charge is -2.30. The maximum atomic E-state index is 13.0. The van der Waals surface area contributed by atoms with Gasteiger partial charge in [-0.15, -0.1) is 11.8 Å². The van der Waals surface area contributed by atoms with E-state index in [1.54, 1.807) is 20.1 Å². The third-order valence-corrected chi connectivity index (χ3v) is 4.53. The van der Waals surface area contributed by atoms with Crippen molar-refractivity contribution in [1.82, 2.24) is 9.88 Å². The van der Waals surface area contributed by atoms with Crippen LogP contribution in [-0.4, -0.2) is 44.5 Å². The van der Waals surface area contributed by atoms with Crippen LogP contribution < -0.4 is 0 Å². The third kappa shape index (κ3) is 3.58. The third-order valence-electron chi connectivity index (χ3n) is 3.55. The summed E-state index contributed by atoms with van der Waals surface area (Å²) >= 11 is 1.27. The molecule has 0 unspecified atom stereocenters. The maximum Gasteiger partial charge on any atom is 0.417 e. The summed E-state index contributed by atoms with van der Waals surface area (Å²) in [4.78, 5) is 36.8. The normalized spacial score (nSPS) is 18.4. The van der Waals surface area contributed by atoms with Gasteiger partial charge in [0, 0.05) is 19.3 Å². The van der Waals surface area contributed by atoms with E-state index in [0.717, 1.165) is 12.4 Å². The molecule has 0 radical (unpaired) electrons. The number of hydrogen-bond acceptors (Lipinski definition) is 4. The SMILES string of the molecule is CSC1=N/C(=N\C(=O)c2cnccc2C(F)(F)F)N(C(C)=O)C1(C)C. The van der Waals surface area contributed by atoms with Crippen LogP contribution in [0.4, 0.5) is 13.2 Å². The van der Waals surface area contributed by atoms with E-state index < -0.39 is 34.7 Å². The van der Waals surface area contributed by atoms with Gasteiger partial charge in [-0.25, -0.2) is 4.99 Å². The van der Waals surface area contributed by atoms with E-state index in [2.05, 4.69) is 15.0 Å². The molecule has 0 saturated carbocycles. The fourth-order valence-electron chi connectivity index (χ4n) is 2.49. The van der Waals surface area contributed by atoms with Crippen LogP contribution in [-0.2, 0) is 11.0 Å². The summed E-state index contributed by atoms with van der Waals surface area (Å²) in [5.74, 6) is -1.82. The van der Waals surface area contributed by atoms with Gasteiger partial charge in [0.15, 0.2) is 0 Å². The van der Waals surface area contributed by atoms with Crippen molar-refractivity contribution >= 4 is 34.6 Å². The molecule has 1 aromatic rings. The van der Waals surface area contributed by atoms with Gasteiger partial charge in [0.25, 0.3) is 5.91 Å². The molecule has 0 atom stereocenters. The second-order valence-corrected chi connectivity index (χ2v) is 6.47. The highest BCUT2D eigenvalue weighted by Gasteiger charge is 2.43. The van der Waals surface area contributed by atoms with Gasteiger partial charge in [0.05, 0.1) is 16.7 Å². The lowest BCUT2D eigenvalue weighted by Crippen LogP contribution is -2.48. The van der Waals surface area contributed by atoms with Crippen LogP contribution in [0.15, 0.2) is 28.4 Å². The van der Waals surface area contributed by atoms with E-state index in [1.807, 2.05) is 0 Å². The van der Waals surface area contributed by atoms with E-state index in [9.17, 15) is 22.8 Å². The van der Waals surface area contributed by atoms with Gasteiger partial charge in [-0.05, 0) is 26.2 Å². The van der Waals surface area contributed by atoms with Crippen molar-refractivity contribution in [3.8, 4) is 0 Å². The molecule has 1 aliphatic rings. The first-order valence-corrected chi connectivity index (χ1v) is 8.30. The van der Waals surface area contributed by atoms with Crippen LogP contribution in [0, 0.1) is 0 Å². The van der Waals surface area contributed by atoms with E-state index in [0.29, 0.717) is 11.1 Å². The first-order chi connectivity index (χ1) is 11.5. The number of aliphatic imine (C=N–C) groups is 2. The molecule has 2 rings (SSSR count). The van der Waals surface area contributed by atoms with Crippen molar-refractivity contribution in [3.63, 3.8) is 0 Å². The number of hydrogen-bond donors (Lipinski definition) is 0. The Morgan fingerprint density at radius 2 is 1.96 bits per heavy atom. The van der Waals surface area contributed by atoms with Crippen LogP contribution in [0.5, 0.6) is 0 Å². The summed E-state index contributed by atoms with van der Waals surface area (Å²) in [7, 11) is 0. The topological polar surface area (TPSA) is 75.0 Å². The molecule has 25 heavy (non-hydrogen) atoms. The van der Waals surface area contributed by atoms with Crippen LogP contribution >= 0.6 is 11.8 Å². The predicted molar refractivity (Wildman–Crippen MR) is 88.6 cm³/mol. The number of halogens is 3. The minimum absolute atomic E-state index is 0.233. The van der Waals surface area contributed by atoms with Gasteiger partial charge >= 0.3 is 6.18 Å². The van der Waals surface area contributed by atoms with Gasteiger partial charge in [-0.2, -0.15) is 18.2 Å². The van der Waals surface area contributed by atoms with Crippen LogP contribution in [0.2, 0.25) is 0 Å². The Kier molecular flexibility index (Phi) is 5.03. The first-order valence-electron chi connectivity index (χ1n) is 7.08. The monoisotopic (exact) mass is 372 g/mol. The number of thioether (sulfide) groups is 1. The van der Waals surface area contributed by atoms with Crippen molar-refractivity contribution in [2.45, 2.75) is 32.5 Å². The number of aromatic nitrogens is 1. The van der Waals surface area contributed by atoms with E-state index in [4.69, 9.17) is 0 Å². The summed E-state index contributed by atoms with van der Waals surface area (Å²) in [5.41, 5.74) is -2.68. The number of pyridine rings is 1. The zero-order valence-corrected chi connectivity index (χ0v) is 14.7. The van der Waals surface area contributed by atoms with E-state index in [-0.39, 0.29) is 5.96 Å². The van der Waals surface area contributed by atoms with Crippen molar-refractivity contribution in [3.05, 3.63) is 29.6 Å². The molecular formula is C15H15F3N4O2S. The molecule has 2 amide bonds. The zero-order chi connectivity index (χ0) is 19.0. The smallest absolute Gasteiger partial charge is 0.275 e. The summed E-state index contributed by atoms with van der Waals surface area (Å²) in [6, 6.07) is 0.700. The highest BCUT2D eigenvalue weighted by Crippen LogP contribution is 2.33. The molecular weight excluding hydrogens is 357 g/mol.